The Kier molecular flexibility index (Phi) is 3.94. The first-order valence-electron chi connectivity index (χ1n) is 2.65. The van der Waals surface area contributed by atoms with Gasteiger partial charge in [-0.15, -0.1) is 0 Å². The summed E-state index contributed by atoms with van der Waals surface area (Å²) in [6.45, 7) is -4.72. The van der Waals surface area contributed by atoms with E-state index in [1.807, 2.05) is 0 Å². The van der Waals surface area contributed by atoms with Crippen LogP contribution in [-0.2, 0) is 0 Å². The first kappa shape index (κ1) is 11.0. The molecule has 0 aliphatic heterocycles. The molecule has 1 aliphatic carbocycles. The zero-order chi connectivity index (χ0) is 7.07. The van der Waals surface area contributed by atoms with Crippen LogP contribution in [0.5, 0.6) is 0 Å². The number of rotatable bonds is 1. The molecule has 0 aromatic rings. The van der Waals surface area contributed by atoms with Crippen molar-refractivity contribution in [3.8, 4) is 6.07 Å². The van der Waals surface area contributed by atoms with Crippen molar-refractivity contribution in [2.75, 3.05) is 0 Å². The molecule has 2 atom stereocenters. The molecule has 1 aliphatic rings. The van der Waals surface area contributed by atoms with Gasteiger partial charge in [0.2, 0.25) is 0 Å². The van der Waals surface area contributed by atoms with Gasteiger partial charge < -0.3 is 12.9 Å². The van der Waals surface area contributed by atoms with E-state index in [1.54, 1.807) is 6.07 Å². The van der Waals surface area contributed by atoms with Gasteiger partial charge in [0, 0.05) is 5.92 Å². The van der Waals surface area contributed by atoms with Gasteiger partial charge in [-0.3, -0.25) is 0 Å². The molecular weight excluding hydrogens is 169 g/mol. The van der Waals surface area contributed by atoms with E-state index >= 15 is 0 Å². The van der Waals surface area contributed by atoms with Crippen molar-refractivity contribution in [3.63, 3.8) is 0 Å². The summed E-state index contributed by atoms with van der Waals surface area (Å²) in [5.74, 6) is -2.00. The monoisotopic (exact) mass is 173 g/mol. The molecule has 0 amide bonds. The van der Waals surface area contributed by atoms with Crippen LogP contribution >= 0.6 is 0 Å². The average Bonchev–Trinajstić information content (AvgIpc) is 2.39. The van der Waals surface area contributed by atoms with E-state index in [4.69, 9.17) is 5.26 Å². The molecule has 0 aromatic heterocycles. The normalized spacial score (nSPS) is 30.2. The molecule has 6 heteroatoms. The van der Waals surface area contributed by atoms with E-state index in [0.29, 0.717) is 0 Å². The van der Waals surface area contributed by atoms with Crippen molar-refractivity contribution in [2.24, 2.45) is 5.92 Å². The van der Waals surface area contributed by atoms with Crippen molar-refractivity contribution in [1.29, 1.82) is 5.26 Å². The fourth-order valence-electron chi connectivity index (χ4n) is 0.781. The Morgan fingerprint density at radius 3 is 2.00 bits per heavy atom. The Bertz CT molecular complexity index is 163. The second-order valence-electron chi connectivity index (χ2n) is 2.26. The van der Waals surface area contributed by atoms with Crippen LogP contribution in [0.25, 0.3) is 0 Å². The van der Waals surface area contributed by atoms with Gasteiger partial charge in [-0.05, 0) is 0 Å². The minimum atomic E-state index is -4.72. The average molecular weight is 173 g/mol. The van der Waals surface area contributed by atoms with Gasteiger partial charge in [-0.25, -0.2) is 0 Å². The summed E-state index contributed by atoms with van der Waals surface area (Å²) in [5, 5.41) is 8.00. The third-order valence-electron chi connectivity index (χ3n) is 1.49. The molecule has 0 unspecified atom stereocenters. The van der Waals surface area contributed by atoms with Crippen LogP contribution in [0.3, 0.4) is 0 Å². The largest absolute Gasteiger partial charge is 1.00 e. The van der Waals surface area contributed by atoms with Crippen molar-refractivity contribution in [3.05, 3.63) is 0 Å². The Morgan fingerprint density at radius 1 is 1.40 bits per heavy atom. The van der Waals surface area contributed by atoms with Crippen molar-refractivity contribution in [1.82, 2.24) is 0 Å². The standard InChI is InChI=1S/C4H4BF3N.K/c6-5(7,8)4-1-3(4)2-9;/h3-4H,1H2;/q-1;+1/t3-,4+;/m0./s1. The first-order chi connectivity index (χ1) is 4.05. The van der Waals surface area contributed by atoms with Crippen LogP contribution < -0.4 is 51.4 Å². The summed E-state index contributed by atoms with van der Waals surface area (Å²) >= 11 is 0. The van der Waals surface area contributed by atoms with E-state index in [2.05, 4.69) is 0 Å². The molecule has 1 rings (SSSR count). The summed E-state index contributed by atoms with van der Waals surface area (Å²) in [4.78, 5) is 0. The molecule has 0 saturated heterocycles. The fourth-order valence-corrected chi connectivity index (χ4v) is 0.781. The topological polar surface area (TPSA) is 23.8 Å². The number of hydrogen-bond acceptors (Lipinski definition) is 1. The Morgan fingerprint density at radius 2 is 1.90 bits per heavy atom. The van der Waals surface area contributed by atoms with Crippen molar-refractivity contribution >= 4 is 6.98 Å². The summed E-state index contributed by atoms with van der Waals surface area (Å²) in [7, 11) is 0. The smallest absolute Gasteiger partial charge is 0.449 e. The predicted molar refractivity (Wildman–Crippen MR) is 26.5 cm³/mol. The van der Waals surface area contributed by atoms with Gasteiger partial charge in [0.05, 0.1) is 6.07 Å². The first-order valence-corrected chi connectivity index (χ1v) is 2.65. The molecule has 50 valence electrons. The Labute approximate surface area is 99.4 Å². The summed E-state index contributed by atoms with van der Waals surface area (Å²) in [6.07, 6.45) is 0.0278. The quantitative estimate of drug-likeness (QED) is 0.454. The molecule has 1 saturated carbocycles. The molecule has 1 fully saturated rings. The summed E-state index contributed by atoms with van der Waals surface area (Å²) < 4.78 is 34.8. The van der Waals surface area contributed by atoms with Gasteiger partial charge in [0.15, 0.2) is 0 Å². The third-order valence-corrected chi connectivity index (χ3v) is 1.49. The van der Waals surface area contributed by atoms with Crippen LogP contribution in [0, 0.1) is 17.2 Å². The van der Waals surface area contributed by atoms with Crippen molar-refractivity contribution in [2.45, 2.75) is 12.2 Å². The molecule has 10 heavy (non-hydrogen) atoms. The molecule has 0 radical (unpaired) electrons. The SMILES string of the molecule is N#C[C@@H]1C[C@H]1[B-](F)(F)F.[K+]. The molecule has 1 nitrogen and oxygen atoms in total. The molecule has 0 heterocycles. The predicted octanol–water partition coefficient (Wildman–Crippen LogP) is -1.25. The number of hydrogen-bond donors (Lipinski definition) is 0. The zero-order valence-electron chi connectivity index (χ0n) is 5.52. The number of halogens is 3. The number of nitrogens with zero attached hydrogens (tertiary/aromatic N) is 1. The van der Waals surface area contributed by atoms with Gasteiger partial charge in [0.25, 0.3) is 0 Å². The minimum absolute atomic E-state index is 0. The molecule has 0 aromatic carbocycles. The Balaban J connectivity index is 0.000000810. The zero-order valence-corrected chi connectivity index (χ0v) is 8.64. The minimum Gasteiger partial charge on any atom is -0.449 e. The van der Waals surface area contributed by atoms with Gasteiger partial charge in [-0.2, -0.15) is 5.26 Å². The second-order valence-corrected chi connectivity index (χ2v) is 2.26. The van der Waals surface area contributed by atoms with E-state index in [9.17, 15) is 12.9 Å². The van der Waals surface area contributed by atoms with Crippen LogP contribution in [-0.4, -0.2) is 6.98 Å². The van der Waals surface area contributed by atoms with Crippen molar-refractivity contribution < 1.29 is 64.3 Å². The fraction of sp³-hybridized carbons (Fsp3) is 0.750. The maximum absolute atomic E-state index is 11.6. The Hall–Kier alpha value is 0.981. The van der Waals surface area contributed by atoms with E-state index < -0.39 is 18.7 Å². The van der Waals surface area contributed by atoms with Crippen LogP contribution in [0.2, 0.25) is 5.82 Å². The number of nitriles is 1. The van der Waals surface area contributed by atoms with Gasteiger partial charge in [-0.1, -0.05) is 12.2 Å². The van der Waals surface area contributed by atoms with E-state index in [0.717, 1.165) is 0 Å². The van der Waals surface area contributed by atoms with Crippen LogP contribution in [0.15, 0.2) is 0 Å². The summed E-state index contributed by atoms with van der Waals surface area (Å²) in [6, 6.07) is 1.59. The molecule has 0 N–H and O–H groups in total. The van der Waals surface area contributed by atoms with E-state index in [1.165, 1.54) is 0 Å². The van der Waals surface area contributed by atoms with Gasteiger partial charge in [0.1, 0.15) is 0 Å². The van der Waals surface area contributed by atoms with Crippen LogP contribution in [0.4, 0.5) is 12.9 Å². The van der Waals surface area contributed by atoms with Crippen LogP contribution in [0.1, 0.15) is 6.42 Å². The molecule has 0 bridgehead atoms. The maximum Gasteiger partial charge on any atom is 1.00 e. The summed E-state index contributed by atoms with van der Waals surface area (Å²) in [5.41, 5.74) is 0. The van der Waals surface area contributed by atoms with E-state index in [-0.39, 0.29) is 57.8 Å². The second kappa shape index (κ2) is 3.59. The molecule has 0 spiro atoms. The maximum atomic E-state index is 11.6. The molecular formula is C4H4BF3KN. The van der Waals surface area contributed by atoms with Gasteiger partial charge >= 0.3 is 58.4 Å². The third kappa shape index (κ3) is 2.55.